The molecule has 1 aliphatic rings. The fourth-order valence-electron chi connectivity index (χ4n) is 2.55. The molecule has 1 heterocycles. The molecule has 0 bridgehead atoms. The van der Waals surface area contributed by atoms with Gasteiger partial charge >= 0.3 is 5.97 Å². The molecule has 2 atom stereocenters. The number of ether oxygens (including phenoxy) is 1. The van der Waals surface area contributed by atoms with Gasteiger partial charge in [-0.25, -0.2) is 8.42 Å². The normalized spacial score (nSPS) is 20.7. The molecule has 10 heteroatoms. The molecule has 1 aromatic carbocycles. The van der Waals surface area contributed by atoms with Crippen molar-refractivity contribution < 1.29 is 27.9 Å². The number of hydrogen-bond donors (Lipinski definition) is 2. The van der Waals surface area contributed by atoms with Crippen molar-refractivity contribution in [2.45, 2.75) is 36.8 Å². The monoisotopic (exact) mass is 404 g/mol. The number of nitrogens with zero attached hydrogens (tertiary/aromatic N) is 1. The minimum absolute atomic E-state index is 0.0468. The predicted octanol–water partition coefficient (Wildman–Crippen LogP) is 0.533. The zero-order valence-corrected chi connectivity index (χ0v) is 15.8. The highest BCUT2D eigenvalue weighted by atomic mass is 35.5. The lowest BCUT2D eigenvalue weighted by atomic mass is 10.2. The van der Waals surface area contributed by atoms with Crippen molar-refractivity contribution in [2.24, 2.45) is 0 Å². The first-order valence-corrected chi connectivity index (χ1v) is 9.96. The second-order valence-electron chi connectivity index (χ2n) is 5.89. The zero-order valence-electron chi connectivity index (χ0n) is 14.2. The topological polar surface area (TPSA) is 113 Å². The van der Waals surface area contributed by atoms with E-state index in [1.165, 1.54) is 24.3 Å². The molecule has 26 heavy (non-hydrogen) atoms. The molecule has 8 nitrogen and oxygen atoms in total. The maximum Gasteiger partial charge on any atom is 0.325 e. The molecule has 1 fully saturated rings. The number of aliphatic hydroxyl groups excluding tert-OH is 1. The van der Waals surface area contributed by atoms with Gasteiger partial charge in [0.1, 0.15) is 6.04 Å². The minimum atomic E-state index is -4.02. The van der Waals surface area contributed by atoms with Crippen molar-refractivity contribution in [1.82, 2.24) is 9.62 Å². The van der Waals surface area contributed by atoms with Crippen LogP contribution in [-0.2, 0) is 24.3 Å². The molecule has 2 N–H and O–H groups in total. The minimum Gasteiger partial charge on any atom is -0.454 e. The third kappa shape index (κ3) is 4.94. The summed E-state index contributed by atoms with van der Waals surface area (Å²) in [7, 11) is -4.02. The van der Waals surface area contributed by atoms with E-state index in [-0.39, 0.29) is 17.9 Å². The van der Waals surface area contributed by atoms with Crippen LogP contribution in [0.3, 0.4) is 0 Å². The number of nitrogens with one attached hydrogen (secondary N) is 1. The summed E-state index contributed by atoms with van der Waals surface area (Å²) in [5.74, 6) is -1.34. The first-order chi connectivity index (χ1) is 12.3. The SMILES string of the molecule is CCCNC(=O)COC(=O)[C@@H]1C[C@H](O)CN1S(=O)(=O)c1ccc(Cl)cc1. The highest BCUT2D eigenvalue weighted by Crippen LogP contribution is 2.27. The molecule has 0 unspecified atom stereocenters. The summed E-state index contributed by atoms with van der Waals surface area (Å²) >= 11 is 5.77. The Kier molecular flexibility index (Phi) is 6.99. The van der Waals surface area contributed by atoms with Gasteiger partial charge in [-0.15, -0.1) is 0 Å². The number of sulfonamides is 1. The number of aliphatic hydroxyl groups is 1. The van der Waals surface area contributed by atoms with Gasteiger partial charge in [0.15, 0.2) is 6.61 Å². The van der Waals surface area contributed by atoms with Crippen LogP contribution >= 0.6 is 11.6 Å². The van der Waals surface area contributed by atoms with E-state index in [1.807, 2.05) is 6.92 Å². The van der Waals surface area contributed by atoms with Gasteiger partial charge in [0, 0.05) is 24.5 Å². The van der Waals surface area contributed by atoms with Crippen LogP contribution in [0, 0.1) is 0 Å². The molecule has 1 aromatic rings. The predicted molar refractivity (Wildman–Crippen MR) is 94.0 cm³/mol. The summed E-state index contributed by atoms with van der Waals surface area (Å²) in [6, 6.07) is 4.30. The second-order valence-corrected chi connectivity index (χ2v) is 8.22. The lowest BCUT2D eigenvalue weighted by Gasteiger charge is -2.22. The Morgan fingerprint density at radius 2 is 2.00 bits per heavy atom. The zero-order chi connectivity index (χ0) is 19.3. The third-order valence-corrected chi connectivity index (χ3v) is 5.98. The van der Waals surface area contributed by atoms with Crippen molar-refractivity contribution >= 4 is 33.5 Å². The fourth-order valence-corrected chi connectivity index (χ4v) is 4.31. The van der Waals surface area contributed by atoms with Gasteiger partial charge in [-0.2, -0.15) is 4.31 Å². The Morgan fingerprint density at radius 1 is 1.35 bits per heavy atom. The van der Waals surface area contributed by atoms with E-state index in [1.54, 1.807) is 0 Å². The van der Waals surface area contributed by atoms with Crippen LogP contribution in [0.1, 0.15) is 19.8 Å². The van der Waals surface area contributed by atoms with Gasteiger partial charge in [0.2, 0.25) is 10.0 Å². The van der Waals surface area contributed by atoms with Gasteiger partial charge < -0.3 is 15.2 Å². The summed E-state index contributed by atoms with van der Waals surface area (Å²) in [5, 5.41) is 12.8. The highest BCUT2D eigenvalue weighted by molar-refractivity contribution is 7.89. The van der Waals surface area contributed by atoms with Crippen molar-refractivity contribution in [3.8, 4) is 0 Å². The van der Waals surface area contributed by atoms with Gasteiger partial charge in [-0.05, 0) is 30.7 Å². The Balaban J connectivity index is 2.11. The quantitative estimate of drug-likeness (QED) is 0.641. The standard InChI is InChI=1S/C16H21ClN2O6S/c1-2-7-18-15(21)10-25-16(22)14-8-12(20)9-19(14)26(23,24)13-5-3-11(17)4-6-13/h3-6,12,14,20H,2,7-10H2,1H3,(H,18,21)/t12-,14-/m0/s1. The summed E-state index contributed by atoms with van der Waals surface area (Å²) < 4.78 is 31.4. The summed E-state index contributed by atoms with van der Waals surface area (Å²) in [6.07, 6.45) is -0.354. The Bertz CT molecular complexity index is 753. The van der Waals surface area contributed by atoms with E-state index < -0.39 is 40.7 Å². The van der Waals surface area contributed by atoms with Crippen LogP contribution in [0.25, 0.3) is 0 Å². The number of halogens is 1. The average molecular weight is 405 g/mol. The fraction of sp³-hybridized carbons (Fsp3) is 0.500. The van der Waals surface area contributed by atoms with Crippen LogP contribution < -0.4 is 5.32 Å². The summed E-state index contributed by atoms with van der Waals surface area (Å²) in [4.78, 5) is 23.8. The molecule has 1 saturated heterocycles. The van der Waals surface area contributed by atoms with Crippen LogP contribution in [0.4, 0.5) is 0 Å². The number of amides is 1. The van der Waals surface area contributed by atoms with E-state index in [9.17, 15) is 23.1 Å². The smallest absolute Gasteiger partial charge is 0.325 e. The van der Waals surface area contributed by atoms with Crippen LogP contribution in [0.5, 0.6) is 0 Å². The van der Waals surface area contributed by atoms with Crippen LogP contribution in [0.2, 0.25) is 5.02 Å². The van der Waals surface area contributed by atoms with Gasteiger partial charge in [0.05, 0.1) is 11.0 Å². The number of benzene rings is 1. The van der Waals surface area contributed by atoms with E-state index in [0.29, 0.717) is 11.6 Å². The largest absolute Gasteiger partial charge is 0.454 e. The molecule has 2 rings (SSSR count). The molecule has 1 aliphatic heterocycles. The number of carbonyl (C=O) groups is 2. The maximum atomic E-state index is 12.8. The summed E-state index contributed by atoms with van der Waals surface area (Å²) in [6.45, 7) is 1.61. The molecular weight excluding hydrogens is 384 g/mol. The van der Waals surface area contributed by atoms with Crippen LogP contribution in [0.15, 0.2) is 29.2 Å². The number of esters is 1. The van der Waals surface area contributed by atoms with E-state index in [4.69, 9.17) is 16.3 Å². The van der Waals surface area contributed by atoms with Gasteiger partial charge in [0.25, 0.3) is 5.91 Å². The molecule has 0 aromatic heterocycles. The lowest BCUT2D eigenvalue weighted by Crippen LogP contribution is -2.42. The van der Waals surface area contributed by atoms with Crippen molar-refractivity contribution in [3.05, 3.63) is 29.3 Å². The number of carbonyl (C=O) groups excluding carboxylic acids is 2. The van der Waals surface area contributed by atoms with Gasteiger partial charge in [-0.1, -0.05) is 18.5 Å². The van der Waals surface area contributed by atoms with E-state index >= 15 is 0 Å². The van der Waals surface area contributed by atoms with E-state index in [0.717, 1.165) is 10.7 Å². The molecule has 144 valence electrons. The Morgan fingerprint density at radius 3 is 2.62 bits per heavy atom. The van der Waals surface area contributed by atoms with Gasteiger partial charge in [-0.3, -0.25) is 9.59 Å². The average Bonchev–Trinajstić information content (AvgIpc) is 3.01. The second kappa shape index (κ2) is 8.81. The Labute approximate surface area is 157 Å². The molecular formula is C16H21ClN2O6S. The number of rotatable bonds is 7. The first kappa shape index (κ1) is 20.6. The molecule has 0 aliphatic carbocycles. The number of hydrogen-bond acceptors (Lipinski definition) is 6. The molecule has 1 amide bonds. The number of β-amino-alcohol motifs (C(OH)–C–C–N with tert-alkyl or cyclic N) is 1. The lowest BCUT2D eigenvalue weighted by molar-refractivity contribution is -0.151. The van der Waals surface area contributed by atoms with E-state index in [2.05, 4.69) is 5.32 Å². The van der Waals surface area contributed by atoms with Crippen LogP contribution in [-0.4, -0.2) is 61.5 Å². The molecule has 0 radical (unpaired) electrons. The highest BCUT2D eigenvalue weighted by Gasteiger charge is 2.44. The summed E-state index contributed by atoms with van der Waals surface area (Å²) in [5.41, 5.74) is 0. The van der Waals surface area contributed by atoms with Crippen molar-refractivity contribution in [1.29, 1.82) is 0 Å². The molecule has 0 spiro atoms. The van der Waals surface area contributed by atoms with Crippen molar-refractivity contribution in [3.63, 3.8) is 0 Å². The third-order valence-electron chi connectivity index (χ3n) is 3.84. The molecule has 0 saturated carbocycles. The first-order valence-electron chi connectivity index (χ1n) is 8.14. The maximum absolute atomic E-state index is 12.8. The van der Waals surface area contributed by atoms with Crippen molar-refractivity contribution in [2.75, 3.05) is 19.7 Å². The Hall–Kier alpha value is -1.68.